The van der Waals surface area contributed by atoms with Crippen molar-refractivity contribution in [1.82, 2.24) is 19.7 Å². The van der Waals surface area contributed by atoms with Gasteiger partial charge in [0.05, 0.1) is 6.10 Å². The average molecular weight is 264 g/mol. The highest BCUT2D eigenvalue weighted by Gasteiger charge is 2.28. The van der Waals surface area contributed by atoms with Crippen molar-refractivity contribution in [2.45, 2.75) is 70.7 Å². The van der Waals surface area contributed by atoms with Crippen LogP contribution in [0.15, 0.2) is 0 Å². The number of aryl methyl sites for hydroxylation is 1. The van der Waals surface area contributed by atoms with Crippen molar-refractivity contribution in [1.29, 1.82) is 0 Å². The summed E-state index contributed by atoms with van der Waals surface area (Å²) in [6.07, 6.45) is 4.72. The van der Waals surface area contributed by atoms with Gasteiger partial charge in [0, 0.05) is 31.5 Å². The van der Waals surface area contributed by atoms with Gasteiger partial charge in [-0.3, -0.25) is 4.90 Å². The Morgan fingerprint density at radius 1 is 1.32 bits per heavy atom. The van der Waals surface area contributed by atoms with Crippen molar-refractivity contribution >= 4 is 0 Å². The van der Waals surface area contributed by atoms with E-state index in [1.165, 1.54) is 19.4 Å². The first kappa shape index (κ1) is 13.1. The number of hydrogen-bond donors (Lipinski definition) is 1. The molecule has 0 radical (unpaired) electrons. The average Bonchev–Trinajstić information content (AvgIpc) is 2.95. The van der Waals surface area contributed by atoms with Gasteiger partial charge in [-0.2, -0.15) is 5.10 Å². The molecule has 2 aliphatic heterocycles. The Morgan fingerprint density at radius 3 is 2.95 bits per heavy atom. The molecule has 5 nitrogen and oxygen atoms in total. The molecule has 0 bridgehead atoms. The third-order valence-corrected chi connectivity index (χ3v) is 4.39. The van der Waals surface area contributed by atoms with Gasteiger partial charge in [-0.05, 0) is 39.7 Å². The smallest absolute Gasteiger partial charge is 0.152 e. The molecule has 19 heavy (non-hydrogen) atoms. The second-order valence-corrected chi connectivity index (χ2v) is 6.15. The van der Waals surface area contributed by atoms with Crippen LogP contribution in [0.1, 0.15) is 44.8 Å². The van der Waals surface area contributed by atoms with Gasteiger partial charge < -0.3 is 5.11 Å². The zero-order valence-electron chi connectivity index (χ0n) is 11.9. The van der Waals surface area contributed by atoms with Crippen LogP contribution >= 0.6 is 0 Å². The fraction of sp³-hybridized carbons (Fsp3) is 0.857. The van der Waals surface area contributed by atoms with E-state index >= 15 is 0 Å². The summed E-state index contributed by atoms with van der Waals surface area (Å²) in [5.41, 5.74) is 0. The molecule has 0 spiro atoms. The summed E-state index contributed by atoms with van der Waals surface area (Å²) in [7, 11) is 0. The SMILES string of the molecule is CC(C)N1CCCC1Cc1nc2n(n1)CCC(O)C2. The Labute approximate surface area is 114 Å². The van der Waals surface area contributed by atoms with Crippen LogP contribution in [0, 0.1) is 0 Å². The Hall–Kier alpha value is -0.940. The topological polar surface area (TPSA) is 54.2 Å². The lowest BCUT2D eigenvalue weighted by Crippen LogP contribution is -2.36. The summed E-state index contributed by atoms with van der Waals surface area (Å²) in [4.78, 5) is 7.19. The first-order valence-corrected chi connectivity index (χ1v) is 7.50. The van der Waals surface area contributed by atoms with Gasteiger partial charge in [0.1, 0.15) is 5.82 Å². The van der Waals surface area contributed by atoms with Crippen molar-refractivity contribution in [2.75, 3.05) is 6.54 Å². The van der Waals surface area contributed by atoms with Gasteiger partial charge >= 0.3 is 0 Å². The molecule has 2 atom stereocenters. The minimum atomic E-state index is -0.233. The van der Waals surface area contributed by atoms with E-state index in [-0.39, 0.29) is 6.10 Å². The van der Waals surface area contributed by atoms with E-state index in [1.807, 2.05) is 4.68 Å². The maximum absolute atomic E-state index is 9.67. The van der Waals surface area contributed by atoms with Crippen LogP contribution in [0.25, 0.3) is 0 Å². The lowest BCUT2D eigenvalue weighted by molar-refractivity contribution is 0.138. The number of nitrogens with zero attached hydrogens (tertiary/aromatic N) is 4. The molecule has 1 aromatic rings. The van der Waals surface area contributed by atoms with Gasteiger partial charge in [-0.1, -0.05) is 0 Å². The Kier molecular flexibility index (Phi) is 3.58. The monoisotopic (exact) mass is 264 g/mol. The zero-order chi connectivity index (χ0) is 13.4. The highest BCUT2D eigenvalue weighted by atomic mass is 16.3. The number of rotatable bonds is 3. The third-order valence-electron chi connectivity index (χ3n) is 4.39. The molecule has 2 aliphatic rings. The van der Waals surface area contributed by atoms with Gasteiger partial charge in [-0.15, -0.1) is 0 Å². The predicted molar refractivity (Wildman–Crippen MR) is 72.9 cm³/mol. The Morgan fingerprint density at radius 2 is 2.16 bits per heavy atom. The number of fused-ring (bicyclic) bond motifs is 1. The molecule has 3 rings (SSSR count). The first-order valence-electron chi connectivity index (χ1n) is 7.50. The zero-order valence-corrected chi connectivity index (χ0v) is 11.9. The summed E-state index contributed by atoms with van der Waals surface area (Å²) in [6, 6.07) is 1.20. The van der Waals surface area contributed by atoms with Crippen LogP contribution in [0.3, 0.4) is 0 Å². The van der Waals surface area contributed by atoms with Crippen LogP contribution in [0.5, 0.6) is 0 Å². The summed E-state index contributed by atoms with van der Waals surface area (Å²) < 4.78 is 1.98. The third kappa shape index (κ3) is 2.67. The van der Waals surface area contributed by atoms with E-state index in [2.05, 4.69) is 28.8 Å². The molecule has 1 aromatic heterocycles. The maximum atomic E-state index is 9.67. The largest absolute Gasteiger partial charge is 0.393 e. The lowest BCUT2D eigenvalue weighted by atomic mass is 10.1. The van der Waals surface area contributed by atoms with Crippen molar-refractivity contribution in [3.8, 4) is 0 Å². The van der Waals surface area contributed by atoms with Crippen molar-refractivity contribution in [3.05, 3.63) is 11.6 Å². The molecular formula is C14H24N4O. The van der Waals surface area contributed by atoms with E-state index in [9.17, 15) is 5.11 Å². The molecule has 3 heterocycles. The molecule has 0 amide bonds. The standard InChI is InChI=1S/C14H24N4O/c1-10(2)17-6-3-4-11(17)8-13-15-14-9-12(19)5-7-18(14)16-13/h10-12,19H,3-9H2,1-2H3. The van der Waals surface area contributed by atoms with Gasteiger partial charge in [-0.25, -0.2) is 9.67 Å². The van der Waals surface area contributed by atoms with Gasteiger partial charge in [0.15, 0.2) is 5.82 Å². The fourth-order valence-corrected chi connectivity index (χ4v) is 3.39. The molecular weight excluding hydrogens is 240 g/mol. The minimum absolute atomic E-state index is 0.233. The molecule has 1 N–H and O–H groups in total. The van der Waals surface area contributed by atoms with Crippen LogP contribution in [0.2, 0.25) is 0 Å². The van der Waals surface area contributed by atoms with Crippen LogP contribution < -0.4 is 0 Å². The van der Waals surface area contributed by atoms with E-state index in [0.717, 1.165) is 31.0 Å². The van der Waals surface area contributed by atoms with Crippen molar-refractivity contribution in [2.24, 2.45) is 0 Å². The molecule has 5 heteroatoms. The highest BCUT2D eigenvalue weighted by Crippen LogP contribution is 2.23. The minimum Gasteiger partial charge on any atom is -0.393 e. The summed E-state index contributed by atoms with van der Waals surface area (Å²) in [5, 5.41) is 14.3. The Bertz CT molecular complexity index is 443. The molecule has 2 unspecified atom stereocenters. The molecule has 0 aromatic carbocycles. The Balaban J connectivity index is 1.70. The fourth-order valence-electron chi connectivity index (χ4n) is 3.39. The van der Waals surface area contributed by atoms with Gasteiger partial charge in [0.2, 0.25) is 0 Å². The quantitative estimate of drug-likeness (QED) is 0.885. The number of aliphatic hydroxyl groups excluding tert-OH is 1. The molecule has 1 saturated heterocycles. The first-order chi connectivity index (χ1) is 9.13. The number of hydrogen-bond acceptors (Lipinski definition) is 4. The number of likely N-dealkylation sites (tertiary alicyclic amines) is 1. The van der Waals surface area contributed by atoms with Crippen LogP contribution in [-0.2, 0) is 19.4 Å². The van der Waals surface area contributed by atoms with E-state index in [1.54, 1.807) is 0 Å². The van der Waals surface area contributed by atoms with Crippen molar-refractivity contribution in [3.63, 3.8) is 0 Å². The molecule has 1 fully saturated rings. The summed E-state index contributed by atoms with van der Waals surface area (Å²) >= 11 is 0. The lowest BCUT2D eigenvalue weighted by Gasteiger charge is -2.27. The summed E-state index contributed by atoms with van der Waals surface area (Å²) in [5.74, 6) is 1.92. The molecule has 106 valence electrons. The van der Waals surface area contributed by atoms with Crippen LogP contribution in [0.4, 0.5) is 0 Å². The van der Waals surface area contributed by atoms with E-state index in [0.29, 0.717) is 18.5 Å². The predicted octanol–water partition coefficient (Wildman–Crippen LogP) is 1.00. The van der Waals surface area contributed by atoms with E-state index in [4.69, 9.17) is 0 Å². The second-order valence-electron chi connectivity index (χ2n) is 6.15. The van der Waals surface area contributed by atoms with Crippen LogP contribution in [-0.4, -0.2) is 49.5 Å². The second kappa shape index (κ2) is 5.21. The van der Waals surface area contributed by atoms with E-state index < -0.39 is 0 Å². The van der Waals surface area contributed by atoms with Gasteiger partial charge in [0.25, 0.3) is 0 Å². The number of aromatic nitrogens is 3. The maximum Gasteiger partial charge on any atom is 0.152 e. The number of aliphatic hydroxyl groups is 1. The summed E-state index contributed by atoms with van der Waals surface area (Å²) in [6.45, 7) is 6.54. The molecule has 0 aliphatic carbocycles. The molecule has 0 saturated carbocycles. The highest BCUT2D eigenvalue weighted by molar-refractivity contribution is 5.00. The van der Waals surface area contributed by atoms with Crippen molar-refractivity contribution < 1.29 is 5.11 Å². The normalized spacial score (nSPS) is 28.0.